The molecule has 0 atom stereocenters. The largest absolute Gasteiger partial charge is 0.471 e. The Hall–Kier alpha value is -2.94. The number of esters is 1. The van der Waals surface area contributed by atoms with Gasteiger partial charge in [0.15, 0.2) is 0 Å². The van der Waals surface area contributed by atoms with Gasteiger partial charge in [-0.2, -0.15) is 0 Å². The number of nitrogens with zero attached hydrogens (tertiary/aromatic N) is 2. The summed E-state index contributed by atoms with van der Waals surface area (Å²) in [5, 5.41) is 0. The van der Waals surface area contributed by atoms with Gasteiger partial charge in [-0.1, -0.05) is 76.8 Å². The van der Waals surface area contributed by atoms with Crippen LogP contribution in [0.2, 0.25) is 0 Å². The van der Waals surface area contributed by atoms with Crippen molar-refractivity contribution < 1.29 is 19.1 Å². The van der Waals surface area contributed by atoms with Crippen molar-refractivity contribution in [2.45, 2.75) is 71.1 Å². The number of fused-ring (bicyclic) bond motifs is 1. The zero-order chi connectivity index (χ0) is 21.8. The monoisotopic (exact) mass is 410 g/mol. The molecule has 0 aliphatic carbocycles. The molecule has 0 spiro atoms. The minimum Gasteiger partial charge on any atom is -0.471 e. The van der Waals surface area contributed by atoms with E-state index in [4.69, 9.17) is 11.3 Å². The minimum atomic E-state index is -0.808. The molecule has 0 bridgehead atoms. The molecular formula is C24H30N2O4. The molecule has 0 N–H and O–H groups in total. The molecule has 160 valence electrons. The molecule has 6 heteroatoms. The van der Waals surface area contributed by atoms with Gasteiger partial charge >= 0.3 is 5.97 Å². The molecule has 0 saturated carbocycles. The van der Waals surface area contributed by atoms with Crippen LogP contribution in [0.5, 0.6) is 0 Å². The van der Waals surface area contributed by atoms with E-state index in [9.17, 15) is 14.4 Å². The maximum atomic E-state index is 12.3. The van der Waals surface area contributed by atoms with Crippen LogP contribution < -0.4 is 0 Å². The van der Waals surface area contributed by atoms with E-state index in [1.54, 1.807) is 24.3 Å². The molecule has 1 aromatic rings. The van der Waals surface area contributed by atoms with Crippen molar-refractivity contribution in [3.63, 3.8) is 0 Å². The Balaban J connectivity index is 1.70. The Morgan fingerprint density at radius 1 is 0.933 bits per heavy atom. The number of unbranched alkanes of at least 4 members (excludes halogenated alkanes) is 9. The average molecular weight is 411 g/mol. The highest BCUT2D eigenvalue weighted by Crippen LogP contribution is 2.23. The number of carbonyl (C=O) groups is 3. The molecule has 1 aliphatic heterocycles. The number of amides is 2. The number of hydrogen-bond donors (Lipinski definition) is 0. The fourth-order valence-corrected chi connectivity index (χ4v) is 3.40. The summed E-state index contributed by atoms with van der Waals surface area (Å²) in [6.45, 7) is 9.65. The number of carbonyl (C=O) groups excluding carboxylic acids is 3. The number of rotatable bonds is 13. The first-order chi connectivity index (χ1) is 14.6. The summed E-state index contributed by atoms with van der Waals surface area (Å²) in [4.78, 5) is 40.8. The first-order valence-corrected chi connectivity index (χ1v) is 10.8. The molecule has 0 unspecified atom stereocenters. The highest BCUT2D eigenvalue weighted by molar-refractivity contribution is 6.22. The SMILES string of the molecule is [C-]#[N+]/C(=C/N1C(=O)c2ccccc2C1=O)C(=O)OCCCCCCCCCCCC. The van der Waals surface area contributed by atoms with Crippen molar-refractivity contribution in [2.75, 3.05) is 6.61 Å². The Morgan fingerprint density at radius 2 is 1.43 bits per heavy atom. The minimum absolute atomic E-state index is 0.226. The topological polar surface area (TPSA) is 68.0 Å². The van der Waals surface area contributed by atoms with Gasteiger partial charge in [0.25, 0.3) is 17.5 Å². The molecule has 0 aromatic heterocycles. The van der Waals surface area contributed by atoms with E-state index >= 15 is 0 Å². The van der Waals surface area contributed by atoms with Crippen LogP contribution in [0.3, 0.4) is 0 Å². The van der Waals surface area contributed by atoms with E-state index in [2.05, 4.69) is 11.8 Å². The molecule has 6 nitrogen and oxygen atoms in total. The Labute approximate surface area is 178 Å². The zero-order valence-electron chi connectivity index (χ0n) is 17.7. The van der Waals surface area contributed by atoms with Crippen molar-refractivity contribution in [1.29, 1.82) is 0 Å². The van der Waals surface area contributed by atoms with Gasteiger partial charge in [-0.3, -0.25) is 19.3 Å². The molecule has 1 aliphatic rings. The van der Waals surface area contributed by atoms with E-state index in [1.807, 2.05) is 0 Å². The average Bonchev–Trinajstić information content (AvgIpc) is 3.00. The number of imide groups is 1. The quantitative estimate of drug-likeness (QED) is 0.141. The van der Waals surface area contributed by atoms with E-state index in [-0.39, 0.29) is 23.4 Å². The molecule has 1 heterocycles. The lowest BCUT2D eigenvalue weighted by atomic mass is 10.1. The maximum absolute atomic E-state index is 12.3. The van der Waals surface area contributed by atoms with E-state index in [1.165, 1.54) is 44.9 Å². The number of ether oxygens (including phenoxy) is 1. The van der Waals surface area contributed by atoms with E-state index < -0.39 is 17.8 Å². The van der Waals surface area contributed by atoms with Crippen molar-refractivity contribution in [3.8, 4) is 0 Å². The second kappa shape index (κ2) is 12.6. The summed E-state index contributed by atoms with van der Waals surface area (Å²) in [5.41, 5.74) is 0.153. The number of hydrogen-bond acceptors (Lipinski definition) is 4. The third kappa shape index (κ3) is 6.55. The van der Waals surface area contributed by atoms with Crippen molar-refractivity contribution in [3.05, 3.63) is 58.7 Å². The molecular weight excluding hydrogens is 380 g/mol. The maximum Gasteiger partial charge on any atom is 0.337 e. The second-order valence-corrected chi connectivity index (χ2v) is 7.47. The second-order valence-electron chi connectivity index (χ2n) is 7.47. The van der Waals surface area contributed by atoms with Crippen LogP contribution in [-0.4, -0.2) is 29.3 Å². The lowest BCUT2D eigenvalue weighted by Gasteiger charge is -2.09. The van der Waals surface area contributed by atoms with Crippen molar-refractivity contribution >= 4 is 17.8 Å². The van der Waals surface area contributed by atoms with Gasteiger partial charge in [0.05, 0.1) is 24.3 Å². The zero-order valence-corrected chi connectivity index (χ0v) is 17.7. The smallest absolute Gasteiger partial charge is 0.337 e. The fourth-order valence-electron chi connectivity index (χ4n) is 3.40. The molecule has 1 aromatic carbocycles. The molecule has 0 saturated heterocycles. The summed E-state index contributed by atoms with van der Waals surface area (Å²) in [7, 11) is 0. The summed E-state index contributed by atoms with van der Waals surface area (Å²) < 4.78 is 5.15. The van der Waals surface area contributed by atoms with Gasteiger partial charge < -0.3 is 4.74 Å². The summed E-state index contributed by atoms with van der Waals surface area (Å²) in [5.74, 6) is -1.89. The number of benzene rings is 1. The van der Waals surface area contributed by atoms with Gasteiger partial charge in [0, 0.05) is 6.20 Å². The highest BCUT2D eigenvalue weighted by atomic mass is 16.5. The summed E-state index contributed by atoms with van der Waals surface area (Å²) in [6, 6.07) is 6.41. The standard InChI is InChI=1S/C24H30N2O4/c1-3-4-5-6-7-8-9-10-11-14-17-30-24(29)21(25-2)18-26-22(27)19-15-12-13-16-20(19)23(26)28/h12-13,15-16,18H,3-11,14,17H2,1H3/b21-18+. The highest BCUT2D eigenvalue weighted by Gasteiger charge is 2.34. The van der Waals surface area contributed by atoms with Gasteiger partial charge in [-0.15, -0.1) is 0 Å². The van der Waals surface area contributed by atoms with Gasteiger partial charge in [0.2, 0.25) is 0 Å². The third-order valence-corrected chi connectivity index (χ3v) is 5.14. The van der Waals surface area contributed by atoms with Crippen LogP contribution >= 0.6 is 0 Å². The fraction of sp³-hybridized carbons (Fsp3) is 0.500. The first-order valence-electron chi connectivity index (χ1n) is 10.8. The predicted molar refractivity (Wildman–Crippen MR) is 114 cm³/mol. The molecule has 0 fully saturated rings. The van der Waals surface area contributed by atoms with Gasteiger partial charge in [0.1, 0.15) is 0 Å². The van der Waals surface area contributed by atoms with Crippen LogP contribution in [0.4, 0.5) is 0 Å². The molecule has 30 heavy (non-hydrogen) atoms. The first kappa shape index (κ1) is 23.3. The molecule has 2 rings (SSSR count). The Morgan fingerprint density at radius 3 is 1.93 bits per heavy atom. The van der Waals surface area contributed by atoms with Crippen LogP contribution in [-0.2, 0) is 9.53 Å². The van der Waals surface area contributed by atoms with Crippen molar-refractivity contribution in [2.24, 2.45) is 0 Å². The van der Waals surface area contributed by atoms with E-state index in [0.29, 0.717) is 0 Å². The third-order valence-electron chi connectivity index (χ3n) is 5.14. The Kier molecular flexibility index (Phi) is 9.79. The molecule has 2 amide bonds. The lowest BCUT2D eigenvalue weighted by Crippen LogP contribution is -2.25. The summed E-state index contributed by atoms with van der Waals surface area (Å²) in [6.07, 6.45) is 12.7. The summed E-state index contributed by atoms with van der Waals surface area (Å²) >= 11 is 0. The predicted octanol–water partition coefficient (Wildman–Crippen LogP) is 5.51. The van der Waals surface area contributed by atoms with Gasteiger partial charge in [-0.25, -0.2) is 4.85 Å². The normalized spacial score (nSPS) is 13.3. The van der Waals surface area contributed by atoms with Crippen LogP contribution in [0.1, 0.15) is 91.8 Å². The molecule has 0 radical (unpaired) electrons. The van der Waals surface area contributed by atoms with Crippen molar-refractivity contribution in [1.82, 2.24) is 4.90 Å². The Bertz CT molecular complexity index is 788. The van der Waals surface area contributed by atoms with Gasteiger partial charge in [-0.05, 0) is 18.6 Å². The lowest BCUT2D eigenvalue weighted by molar-refractivity contribution is -0.138. The van der Waals surface area contributed by atoms with E-state index in [0.717, 1.165) is 30.4 Å². The van der Waals surface area contributed by atoms with Crippen LogP contribution in [0, 0.1) is 6.57 Å². The van der Waals surface area contributed by atoms with Crippen LogP contribution in [0.15, 0.2) is 36.2 Å². The van der Waals surface area contributed by atoms with Crippen LogP contribution in [0.25, 0.3) is 4.85 Å².